The van der Waals surface area contributed by atoms with E-state index in [-0.39, 0.29) is 11.6 Å². The van der Waals surface area contributed by atoms with Crippen LogP contribution in [-0.2, 0) is 0 Å². The fraction of sp³-hybridized carbons (Fsp3) is 0.294. The van der Waals surface area contributed by atoms with Crippen molar-refractivity contribution in [3.8, 4) is 0 Å². The van der Waals surface area contributed by atoms with Crippen LogP contribution in [0.4, 0.5) is 11.4 Å². The number of hydrogen-bond acceptors (Lipinski definition) is 5. The summed E-state index contributed by atoms with van der Waals surface area (Å²) in [6.07, 6.45) is 7.78. The molecule has 1 aromatic heterocycles. The summed E-state index contributed by atoms with van der Waals surface area (Å²) >= 11 is 0. The zero-order valence-corrected chi connectivity index (χ0v) is 13.2. The predicted molar refractivity (Wildman–Crippen MR) is 91.0 cm³/mol. The number of anilines is 2. The lowest BCUT2D eigenvalue weighted by atomic mass is 10.1. The Balaban J connectivity index is 1.92. The van der Waals surface area contributed by atoms with Crippen molar-refractivity contribution in [2.45, 2.75) is 19.3 Å². The summed E-state index contributed by atoms with van der Waals surface area (Å²) in [6, 6.07) is 5.13. The molecule has 1 aliphatic rings. The van der Waals surface area contributed by atoms with Crippen LogP contribution in [0.5, 0.6) is 0 Å². The van der Waals surface area contributed by atoms with Crippen LogP contribution in [0.15, 0.2) is 36.8 Å². The highest BCUT2D eigenvalue weighted by atomic mass is 16.2. The summed E-state index contributed by atoms with van der Waals surface area (Å²) in [6.45, 7) is 1.84. The Bertz CT molecular complexity index is 742. The molecule has 1 fully saturated rings. The van der Waals surface area contributed by atoms with Gasteiger partial charge in [0, 0.05) is 31.0 Å². The molecule has 1 saturated heterocycles. The monoisotopic (exact) mass is 325 g/mol. The van der Waals surface area contributed by atoms with Gasteiger partial charge in [-0.15, -0.1) is 0 Å². The van der Waals surface area contributed by atoms with E-state index in [1.165, 1.54) is 25.0 Å². The molecule has 7 nitrogen and oxygen atoms in total. The minimum absolute atomic E-state index is 0.214. The molecule has 2 amide bonds. The van der Waals surface area contributed by atoms with Crippen LogP contribution >= 0.6 is 0 Å². The van der Waals surface area contributed by atoms with E-state index >= 15 is 0 Å². The van der Waals surface area contributed by atoms with E-state index in [1.54, 1.807) is 12.1 Å². The van der Waals surface area contributed by atoms with Crippen molar-refractivity contribution < 1.29 is 9.59 Å². The van der Waals surface area contributed by atoms with Crippen LogP contribution in [0, 0.1) is 0 Å². The maximum Gasteiger partial charge on any atom is 0.275 e. The van der Waals surface area contributed by atoms with Gasteiger partial charge in [-0.1, -0.05) is 0 Å². The van der Waals surface area contributed by atoms with E-state index in [0.717, 1.165) is 31.6 Å². The molecule has 3 rings (SSSR count). The molecule has 2 aromatic rings. The molecular formula is C17H19N5O2. The van der Waals surface area contributed by atoms with Gasteiger partial charge in [-0.25, -0.2) is 4.98 Å². The number of nitrogens with one attached hydrogen (secondary N) is 1. The first-order chi connectivity index (χ1) is 11.6. The second kappa shape index (κ2) is 7.08. The van der Waals surface area contributed by atoms with Crippen LogP contribution in [0.25, 0.3) is 0 Å². The van der Waals surface area contributed by atoms with Gasteiger partial charge in [0.05, 0.1) is 17.6 Å². The van der Waals surface area contributed by atoms with Gasteiger partial charge >= 0.3 is 0 Å². The molecule has 1 aliphatic heterocycles. The van der Waals surface area contributed by atoms with Crippen molar-refractivity contribution in [3.05, 3.63) is 48.0 Å². The first kappa shape index (κ1) is 15.9. The van der Waals surface area contributed by atoms with Gasteiger partial charge in [-0.2, -0.15) is 0 Å². The van der Waals surface area contributed by atoms with E-state index in [0.29, 0.717) is 11.3 Å². The molecule has 0 saturated carbocycles. The van der Waals surface area contributed by atoms with Crippen molar-refractivity contribution >= 4 is 23.2 Å². The summed E-state index contributed by atoms with van der Waals surface area (Å²) in [4.78, 5) is 34.0. The number of rotatable bonds is 4. The molecule has 0 aliphatic carbocycles. The number of nitrogens with zero attached hydrogens (tertiary/aromatic N) is 3. The van der Waals surface area contributed by atoms with E-state index in [4.69, 9.17) is 5.73 Å². The Morgan fingerprint density at radius 2 is 1.92 bits per heavy atom. The summed E-state index contributed by atoms with van der Waals surface area (Å²) < 4.78 is 0. The van der Waals surface area contributed by atoms with E-state index in [1.807, 2.05) is 6.07 Å². The second-order valence-corrected chi connectivity index (χ2v) is 5.69. The number of benzene rings is 1. The molecule has 7 heteroatoms. The number of primary amides is 1. The minimum Gasteiger partial charge on any atom is -0.370 e. The predicted octanol–water partition coefficient (Wildman–Crippen LogP) is 1.82. The summed E-state index contributed by atoms with van der Waals surface area (Å²) in [7, 11) is 0. The number of carbonyl (C=O) groups excluding carboxylic acids is 2. The van der Waals surface area contributed by atoms with Crippen LogP contribution in [0.3, 0.4) is 0 Å². The van der Waals surface area contributed by atoms with Gasteiger partial charge in [0.1, 0.15) is 5.69 Å². The van der Waals surface area contributed by atoms with Crippen LogP contribution in [-0.4, -0.2) is 34.9 Å². The minimum atomic E-state index is -0.532. The normalized spacial score (nSPS) is 14.2. The van der Waals surface area contributed by atoms with Gasteiger partial charge in [0.2, 0.25) is 5.91 Å². The van der Waals surface area contributed by atoms with E-state index in [9.17, 15) is 9.59 Å². The number of amides is 2. The maximum atomic E-state index is 12.4. The van der Waals surface area contributed by atoms with Crippen molar-refractivity contribution in [2.75, 3.05) is 23.3 Å². The smallest absolute Gasteiger partial charge is 0.275 e. The van der Waals surface area contributed by atoms with Crippen LogP contribution in [0.2, 0.25) is 0 Å². The third kappa shape index (κ3) is 3.51. The van der Waals surface area contributed by atoms with Crippen molar-refractivity contribution in [3.63, 3.8) is 0 Å². The average Bonchev–Trinajstić information content (AvgIpc) is 2.63. The molecule has 3 N–H and O–H groups in total. The first-order valence-corrected chi connectivity index (χ1v) is 7.91. The van der Waals surface area contributed by atoms with Gasteiger partial charge < -0.3 is 16.0 Å². The summed E-state index contributed by atoms with van der Waals surface area (Å²) in [5.74, 6) is -0.904. The Labute approximate surface area is 139 Å². The number of piperidine rings is 1. The third-order valence-electron chi connectivity index (χ3n) is 4.02. The molecule has 0 radical (unpaired) electrons. The largest absolute Gasteiger partial charge is 0.370 e. The lowest BCUT2D eigenvalue weighted by Crippen LogP contribution is -2.30. The molecule has 0 bridgehead atoms. The van der Waals surface area contributed by atoms with Gasteiger partial charge in [0.15, 0.2) is 0 Å². The number of hydrogen-bond donors (Lipinski definition) is 2. The highest BCUT2D eigenvalue weighted by Crippen LogP contribution is 2.30. The van der Waals surface area contributed by atoms with Crippen molar-refractivity contribution in [1.29, 1.82) is 0 Å². The Morgan fingerprint density at radius 1 is 1.12 bits per heavy atom. The quantitative estimate of drug-likeness (QED) is 0.893. The number of carbonyl (C=O) groups is 2. The van der Waals surface area contributed by atoms with Gasteiger partial charge in [0.25, 0.3) is 5.91 Å². The SMILES string of the molecule is NC(=O)c1ccc(N2CCCCC2)c(NC(=O)c2cnccn2)c1. The highest BCUT2D eigenvalue weighted by Gasteiger charge is 2.18. The molecule has 0 spiro atoms. The second-order valence-electron chi connectivity index (χ2n) is 5.69. The number of nitrogens with two attached hydrogens (primary N) is 1. The van der Waals surface area contributed by atoms with Gasteiger partial charge in [-0.3, -0.25) is 14.6 Å². The first-order valence-electron chi connectivity index (χ1n) is 7.91. The van der Waals surface area contributed by atoms with Gasteiger partial charge in [-0.05, 0) is 37.5 Å². The molecule has 124 valence electrons. The lowest BCUT2D eigenvalue weighted by molar-refractivity contribution is 0.0995. The molecule has 2 heterocycles. The highest BCUT2D eigenvalue weighted by molar-refractivity contribution is 6.05. The van der Waals surface area contributed by atoms with Crippen LogP contribution in [0.1, 0.15) is 40.1 Å². The summed E-state index contributed by atoms with van der Waals surface area (Å²) in [5, 5.41) is 2.83. The molecule has 1 aromatic carbocycles. The topological polar surface area (TPSA) is 101 Å². The van der Waals surface area contributed by atoms with Crippen molar-refractivity contribution in [2.24, 2.45) is 5.73 Å². The lowest BCUT2D eigenvalue weighted by Gasteiger charge is -2.30. The molecule has 24 heavy (non-hydrogen) atoms. The fourth-order valence-electron chi connectivity index (χ4n) is 2.80. The fourth-order valence-corrected chi connectivity index (χ4v) is 2.80. The Hall–Kier alpha value is -2.96. The summed E-state index contributed by atoms with van der Waals surface area (Å²) in [5.41, 5.74) is 7.38. The zero-order chi connectivity index (χ0) is 16.9. The molecule has 0 atom stereocenters. The zero-order valence-electron chi connectivity index (χ0n) is 13.2. The van der Waals surface area contributed by atoms with E-state index < -0.39 is 5.91 Å². The van der Waals surface area contributed by atoms with E-state index in [2.05, 4.69) is 20.2 Å². The maximum absolute atomic E-state index is 12.4. The Kier molecular flexibility index (Phi) is 4.69. The standard InChI is InChI=1S/C17H19N5O2/c18-16(23)12-4-5-15(22-8-2-1-3-9-22)13(10-12)21-17(24)14-11-19-6-7-20-14/h4-7,10-11H,1-3,8-9H2,(H2,18,23)(H,21,24). The number of aromatic nitrogens is 2. The third-order valence-corrected chi connectivity index (χ3v) is 4.02. The van der Waals surface area contributed by atoms with Crippen LogP contribution < -0.4 is 16.0 Å². The van der Waals surface area contributed by atoms with Crippen molar-refractivity contribution in [1.82, 2.24) is 9.97 Å². The molecule has 0 unspecified atom stereocenters. The average molecular weight is 325 g/mol. The Morgan fingerprint density at radius 3 is 2.58 bits per heavy atom. The molecular weight excluding hydrogens is 306 g/mol.